The minimum Gasteiger partial charge on any atom is -0.326 e. The number of hydrogen-bond acceptors (Lipinski definition) is 3. The molecule has 4 heteroatoms. The number of hydrogen-bond donors (Lipinski definition) is 2. The second-order valence-corrected chi connectivity index (χ2v) is 5.68. The van der Waals surface area contributed by atoms with Crippen molar-refractivity contribution in [1.29, 1.82) is 0 Å². The number of carbonyl (C=O) groups excluding carboxylic acids is 1. The first-order valence-electron chi connectivity index (χ1n) is 7.79. The maximum absolute atomic E-state index is 11.8. The molecule has 22 heavy (non-hydrogen) atoms. The van der Waals surface area contributed by atoms with Crippen LogP contribution in [0.15, 0.2) is 42.6 Å². The summed E-state index contributed by atoms with van der Waals surface area (Å²) in [6, 6.07) is 12.2. The SMILES string of the molecule is CCc1ccc(CNCC2CC(=O)Nc3ccccc32)cn1. The van der Waals surface area contributed by atoms with Gasteiger partial charge >= 0.3 is 0 Å². The standard InChI is InChI=1S/C18H21N3O/c1-2-15-8-7-13(11-20-15)10-19-12-14-9-18(22)21-17-6-4-3-5-16(14)17/h3-8,11,14,19H,2,9-10,12H2,1H3,(H,21,22). The number of rotatable bonds is 5. The van der Waals surface area contributed by atoms with Crippen molar-refractivity contribution in [3.63, 3.8) is 0 Å². The molecule has 0 fully saturated rings. The second-order valence-electron chi connectivity index (χ2n) is 5.68. The smallest absolute Gasteiger partial charge is 0.225 e. The highest BCUT2D eigenvalue weighted by Gasteiger charge is 2.24. The van der Waals surface area contributed by atoms with Crippen molar-refractivity contribution in [2.24, 2.45) is 0 Å². The Labute approximate surface area is 131 Å². The molecule has 1 atom stereocenters. The fourth-order valence-corrected chi connectivity index (χ4v) is 2.84. The van der Waals surface area contributed by atoms with Crippen LogP contribution < -0.4 is 10.6 Å². The Balaban J connectivity index is 1.60. The number of fused-ring (bicyclic) bond motifs is 1. The number of anilines is 1. The Bertz CT molecular complexity index is 652. The summed E-state index contributed by atoms with van der Waals surface area (Å²) in [7, 11) is 0. The van der Waals surface area contributed by atoms with E-state index in [0.29, 0.717) is 6.42 Å². The quantitative estimate of drug-likeness (QED) is 0.892. The minimum absolute atomic E-state index is 0.0967. The van der Waals surface area contributed by atoms with Gasteiger partial charge in [0.15, 0.2) is 0 Å². The van der Waals surface area contributed by atoms with E-state index in [1.165, 1.54) is 11.1 Å². The molecule has 2 N–H and O–H groups in total. The predicted octanol–water partition coefficient (Wildman–Crippen LogP) is 2.86. The minimum atomic E-state index is 0.0967. The third-order valence-electron chi connectivity index (χ3n) is 4.07. The first kappa shape index (κ1) is 14.7. The molecule has 114 valence electrons. The lowest BCUT2D eigenvalue weighted by Gasteiger charge is -2.25. The third kappa shape index (κ3) is 3.34. The van der Waals surface area contributed by atoms with Crippen LogP contribution in [0.25, 0.3) is 0 Å². The maximum atomic E-state index is 11.8. The Morgan fingerprint density at radius 3 is 2.91 bits per heavy atom. The highest BCUT2D eigenvalue weighted by molar-refractivity contribution is 5.94. The summed E-state index contributed by atoms with van der Waals surface area (Å²) in [5.74, 6) is 0.326. The van der Waals surface area contributed by atoms with Crippen LogP contribution in [0.4, 0.5) is 5.69 Å². The monoisotopic (exact) mass is 295 g/mol. The molecule has 0 saturated carbocycles. The average Bonchev–Trinajstić information content (AvgIpc) is 2.55. The van der Waals surface area contributed by atoms with E-state index in [1.807, 2.05) is 24.4 Å². The van der Waals surface area contributed by atoms with Gasteiger partial charge in [-0.1, -0.05) is 31.2 Å². The van der Waals surface area contributed by atoms with Gasteiger partial charge in [0, 0.05) is 43.0 Å². The van der Waals surface area contributed by atoms with Gasteiger partial charge < -0.3 is 10.6 Å². The van der Waals surface area contributed by atoms with Crippen LogP contribution in [0, 0.1) is 0 Å². The molecule has 1 aliphatic rings. The molecule has 0 saturated heterocycles. The van der Waals surface area contributed by atoms with Crippen molar-refractivity contribution in [2.75, 3.05) is 11.9 Å². The zero-order chi connectivity index (χ0) is 15.4. The van der Waals surface area contributed by atoms with Gasteiger partial charge in [0.05, 0.1) is 0 Å². The number of amides is 1. The van der Waals surface area contributed by atoms with E-state index < -0.39 is 0 Å². The molecule has 3 rings (SSSR count). The Kier molecular flexibility index (Phi) is 4.49. The molecular formula is C18H21N3O. The van der Waals surface area contributed by atoms with Crippen LogP contribution in [0.1, 0.15) is 36.1 Å². The number of nitrogens with zero attached hydrogens (tertiary/aromatic N) is 1. The number of aromatic nitrogens is 1. The molecule has 2 heterocycles. The second kappa shape index (κ2) is 6.71. The van der Waals surface area contributed by atoms with Crippen LogP contribution in [0.2, 0.25) is 0 Å². The number of benzene rings is 1. The van der Waals surface area contributed by atoms with E-state index in [2.05, 4.69) is 40.7 Å². The first-order valence-corrected chi connectivity index (χ1v) is 7.79. The molecule has 4 nitrogen and oxygen atoms in total. The highest BCUT2D eigenvalue weighted by atomic mass is 16.1. The highest BCUT2D eigenvalue weighted by Crippen LogP contribution is 2.31. The Hall–Kier alpha value is -2.20. The zero-order valence-corrected chi connectivity index (χ0v) is 12.8. The van der Waals surface area contributed by atoms with E-state index in [9.17, 15) is 4.79 Å². The van der Waals surface area contributed by atoms with E-state index in [4.69, 9.17) is 0 Å². The van der Waals surface area contributed by atoms with Crippen LogP contribution in [-0.4, -0.2) is 17.4 Å². The Morgan fingerprint density at radius 2 is 2.14 bits per heavy atom. The maximum Gasteiger partial charge on any atom is 0.225 e. The summed E-state index contributed by atoms with van der Waals surface area (Å²) in [5.41, 5.74) is 4.45. The number of nitrogens with one attached hydrogen (secondary N) is 2. The van der Waals surface area contributed by atoms with Gasteiger partial charge in [0.2, 0.25) is 5.91 Å². The largest absolute Gasteiger partial charge is 0.326 e. The first-order chi connectivity index (χ1) is 10.8. The fourth-order valence-electron chi connectivity index (χ4n) is 2.84. The van der Waals surface area contributed by atoms with Gasteiger partial charge in [-0.3, -0.25) is 9.78 Å². The predicted molar refractivity (Wildman–Crippen MR) is 87.8 cm³/mol. The van der Waals surface area contributed by atoms with Crippen molar-refractivity contribution in [1.82, 2.24) is 10.3 Å². The molecular weight excluding hydrogens is 274 g/mol. The number of carbonyl (C=O) groups is 1. The van der Waals surface area contributed by atoms with Crippen molar-refractivity contribution in [2.45, 2.75) is 32.2 Å². The molecule has 1 aromatic carbocycles. The fraction of sp³-hybridized carbons (Fsp3) is 0.333. The summed E-state index contributed by atoms with van der Waals surface area (Å²) in [5, 5.41) is 6.38. The zero-order valence-electron chi connectivity index (χ0n) is 12.8. The van der Waals surface area contributed by atoms with E-state index in [1.54, 1.807) is 0 Å². The summed E-state index contributed by atoms with van der Waals surface area (Å²) in [6.07, 6.45) is 3.42. The third-order valence-corrected chi connectivity index (χ3v) is 4.07. The van der Waals surface area contributed by atoms with Crippen molar-refractivity contribution >= 4 is 11.6 Å². The summed E-state index contributed by atoms with van der Waals surface area (Å²) in [6.45, 7) is 3.67. The van der Waals surface area contributed by atoms with Gasteiger partial charge in [-0.25, -0.2) is 0 Å². The van der Waals surface area contributed by atoms with Gasteiger partial charge in [-0.05, 0) is 29.7 Å². The topological polar surface area (TPSA) is 54.0 Å². The number of aryl methyl sites for hydroxylation is 1. The normalized spacial score (nSPS) is 17.0. The van der Waals surface area contributed by atoms with Crippen molar-refractivity contribution < 1.29 is 4.79 Å². The molecule has 0 bridgehead atoms. The van der Waals surface area contributed by atoms with Gasteiger partial charge in [0.25, 0.3) is 0 Å². The summed E-state index contributed by atoms with van der Waals surface area (Å²) >= 11 is 0. The van der Waals surface area contributed by atoms with Crippen LogP contribution in [0.5, 0.6) is 0 Å². The van der Waals surface area contributed by atoms with Gasteiger partial charge in [-0.2, -0.15) is 0 Å². The molecule has 2 aromatic rings. The van der Waals surface area contributed by atoms with Gasteiger partial charge in [-0.15, -0.1) is 0 Å². The van der Waals surface area contributed by atoms with Crippen LogP contribution >= 0.6 is 0 Å². The van der Waals surface area contributed by atoms with Crippen LogP contribution in [-0.2, 0) is 17.8 Å². The van der Waals surface area contributed by atoms with Crippen LogP contribution in [0.3, 0.4) is 0 Å². The van der Waals surface area contributed by atoms with E-state index in [-0.39, 0.29) is 11.8 Å². The average molecular weight is 295 g/mol. The Morgan fingerprint density at radius 1 is 1.27 bits per heavy atom. The van der Waals surface area contributed by atoms with Crippen molar-refractivity contribution in [3.8, 4) is 0 Å². The van der Waals surface area contributed by atoms with E-state index >= 15 is 0 Å². The van der Waals surface area contributed by atoms with Gasteiger partial charge in [0.1, 0.15) is 0 Å². The molecule has 1 aliphatic heterocycles. The summed E-state index contributed by atoms with van der Waals surface area (Å²) in [4.78, 5) is 16.2. The number of para-hydroxylation sites is 1. The molecule has 1 amide bonds. The molecule has 1 unspecified atom stereocenters. The molecule has 0 aliphatic carbocycles. The lowest BCUT2D eigenvalue weighted by molar-refractivity contribution is -0.116. The van der Waals surface area contributed by atoms with Crippen molar-refractivity contribution in [3.05, 3.63) is 59.4 Å². The lowest BCUT2D eigenvalue weighted by Crippen LogP contribution is -2.29. The molecule has 1 aromatic heterocycles. The molecule has 0 radical (unpaired) electrons. The summed E-state index contributed by atoms with van der Waals surface area (Å²) < 4.78 is 0. The van der Waals surface area contributed by atoms with E-state index in [0.717, 1.165) is 30.9 Å². The number of pyridine rings is 1. The lowest BCUT2D eigenvalue weighted by atomic mass is 9.90. The molecule has 0 spiro atoms.